The van der Waals surface area contributed by atoms with E-state index >= 15 is 0 Å². The first-order chi connectivity index (χ1) is 23.1. The van der Waals surface area contributed by atoms with E-state index in [1.807, 2.05) is 0 Å². The fourth-order valence-electron chi connectivity index (χ4n) is 4.09. The zero-order chi connectivity index (χ0) is 34.5. The lowest BCUT2D eigenvalue weighted by Gasteiger charge is -2.11. The highest BCUT2D eigenvalue weighted by Gasteiger charge is 2.15. The standard InChI is InChI=1S/C37H32O11/c1-4-34(39)44-22-6-5-21-43-29-13-7-26(8-14-29)35(40)46-31-17-11-27(12-18-31)36(41)47-32-19-20-33(24(2)23-32)48-37(42)28-9-15-30(16-10-28)45-25(3)38/h4,7-20,23H,1,5-6,21-22H2,2-3H3. The van der Waals surface area contributed by atoms with Crippen LogP contribution in [0.5, 0.6) is 28.7 Å². The molecule has 0 unspecified atom stereocenters. The number of hydrogen-bond donors (Lipinski definition) is 0. The quantitative estimate of drug-likeness (QED) is 0.0641. The van der Waals surface area contributed by atoms with Crippen LogP contribution in [0.15, 0.2) is 104 Å². The fourth-order valence-corrected chi connectivity index (χ4v) is 4.09. The van der Waals surface area contributed by atoms with Gasteiger partial charge in [0.05, 0.1) is 29.9 Å². The minimum absolute atomic E-state index is 0.223. The Morgan fingerprint density at radius 2 is 1.04 bits per heavy atom. The number of unbranched alkanes of at least 4 members (excludes halogenated alkanes) is 1. The first-order valence-corrected chi connectivity index (χ1v) is 14.8. The third kappa shape index (κ3) is 10.4. The van der Waals surface area contributed by atoms with Gasteiger partial charge >= 0.3 is 29.8 Å². The predicted molar refractivity (Wildman–Crippen MR) is 173 cm³/mol. The van der Waals surface area contributed by atoms with E-state index in [-0.39, 0.29) is 35.0 Å². The second-order valence-corrected chi connectivity index (χ2v) is 10.2. The van der Waals surface area contributed by atoms with Gasteiger partial charge in [-0.15, -0.1) is 0 Å². The van der Waals surface area contributed by atoms with E-state index in [2.05, 4.69) is 6.58 Å². The van der Waals surface area contributed by atoms with Crippen molar-refractivity contribution >= 4 is 29.8 Å². The molecule has 0 spiro atoms. The van der Waals surface area contributed by atoms with Crippen LogP contribution in [0.1, 0.15) is 56.4 Å². The Bertz CT molecular complexity index is 1770. The van der Waals surface area contributed by atoms with E-state index in [9.17, 15) is 24.0 Å². The molecule has 4 aromatic carbocycles. The molecule has 0 N–H and O–H groups in total. The molecule has 0 aliphatic carbocycles. The first-order valence-electron chi connectivity index (χ1n) is 14.8. The first kappa shape index (κ1) is 34.6. The summed E-state index contributed by atoms with van der Waals surface area (Å²) in [6.45, 7) is 7.02. The summed E-state index contributed by atoms with van der Waals surface area (Å²) in [5.74, 6) is -1.14. The van der Waals surface area contributed by atoms with Crippen LogP contribution in [0.4, 0.5) is 0 Å². The summed E-state index contributed by atoms with van der Waals surface area (Å²) in [5.41, 5.74) is 1.34. The minimum atomic E-state index is -0.641. The molecule has 0 aromatic heterocycles. The van der Waals surface area contributed by atoms with Gasteiger partial charge in [0.1, 0.15) is 28.7 Å². The molecule has 0 atom stereocenters. The Balaban J connectivity index is 1.24. The average molecular weight is 653 g/mol. The molecule has 0 bridgehead atoms. The Labute approximate surface area is 276 Å². The van der Waals surface area contributed by atoms with E-state index in [1.54, 1.807) is 37.3 Å². The van der Waals surface area contributed by atoms with Gasteiger partial charge in [-0.2, -0.15) is 0 Å². The molecule has 4 aromatic rings. The summed E-state index contributed by atoms with van der Waals surface area (Å²) < 4.78 is 31.9. The highest BCUT2D eigenvalue weighted by Crippen LogP contribution is 2.26. The molecule has 0 amide bonds. The summed E-state index contributed by atoms with van der Waals surface area (Å²) in [6.07, 6.45) is 2.44. The van der Waals surface area contributed by atoms with Crippen LogP contribution < -0.4 is 23.7 Å². The number of benzene rings is 4. The highest BCUT2D eigenvalue weighted by molar-refractivity contribution is 5.93. The Hall–Kier alpha value is -6.23. The number of aryl methyl sites for hydroxylation is 1. The van der Waals surface area contributed by atoms with Gasteiger partial charge in [-0.05, 0) is 116 Å². The van der Waals surface area contributed by atoms with Gasteiger partial charge < -0.3 is 28.4 Å². The second-order valence-electron chi connectivity index (χ2n) is 10.2. The van der Waals surface area contributed by atoms with E-state index in [4.69, 9.17) is 28.4 Å². The van der Waals surface area contributed by atoms with Crippen LogP contribution >= 0.6 is 0 Å². The molecule has 0 heterocycles. The smallest absolute Gasteiger partial charge is 0.343 e. The average Bonchev–Trinajstić information content (AvgIpc) is 3.08. The normalized spacial score (nSPS) is 10.3. The SMILES string of the molecule is C=CC(=O)OCCCCOc1ccc(C(=O)Oc2ccc(C(=O)Oc3ccc(OC(=O)c4ccc(OC(C)=O)cc4)c(C)c3)cc2)cc1. The van der Waals surface area contributed by atoms with E-state index in [0.29, 0.717) is 42.1 Å². The van der Waals surface area contributed by atoms with Gasteiger partial charge in [0.25, 0.3) is 0 Å². The van der Waals surface area contributed by atoms with Crippen molar-refractivity contribution in [2.75, 3.05) is 13.2 Å². The van der Waals surface area contributed by atoms with E-state index < -0.39 is 29.8 Å². The summed E-state index contributed by atoms with van der Waals surface area (Å²) in [4.78, 5) is 60.0. The van der Waals surface area contributed by atoms with Crippen LogP contribution in [0.3, 0.4) is 0 Å². The maximum absolute atomic E-state index is 12.7. The van der Waals surface area contributed by atoms with Crippen LogP contribution in [-0.4, -0.2) is 43.1 Å². The predicted octanol–water partition coefficient (Wildman–Crippen LogP) is 6.47. The zero-order valence-corrected chi connectivity index (χ0v) is 26.3. The number of esters is 5. The Morgan fingerprint density at radius 3 is 1.56 bits per heavy atom. The lowest BCUT2D eigenvalue weighted by molar-refractivity contribution is -0.138. The maximum Gasteiger partial charge on any atom is 0.343 e. The summed E-state index contributed by atoms with van der Waals surface area (Å²) in [7, 11) is 0. The van der Waals surface area contributed by atoms with E-state index in [0.717, 1.165) is 6.08 Å². The van der Waals surface area contributed by atoms with Crippen LogP contribution in [0.2, 0.25) is 0 Å². The lowest BCUT2D eigenvalue weighted by atomic mass is 10.2. The van der Waals surface area contributed by atoms with Crippen molar-refractivity contribution in [1.29, 1.82) is 0 Å². The minimum Gasteiger partial charge on any atom is -0.494 e. The van der Waals surface area contributed by atoms with Crippen molar-refractivity contribution in [3.63, 3.8) is 0 Å². The summed E-state index contributed by atoms with van der Waals surface area (Å²) in [6, 6.07) is 22.8. The molecule has 11 heteroatoms. The lowest BCUT2D eigenvalue weighted by Crippen LogP contribution is -2.11. The summed E-state index contributed by atoms with van der Waals surface area (Å²) in [5, 5.41) is 0. The molecule has 0 radical (unpaired) electrons. The maximum atomic E-state index is 12.7. The molecule has 0 saturated carbocycles. The fraction of sp³-hybridized carbons (Fsp3) is 0.162. The van der Waals surface area contributed by atoms with Crippen LogP contribution in [-0.2, 0) is 14.3 Å². The number of ether oxygens (including phenoxy) is 6. The van der Waals surface area contributed by atoms with Crippen molar-refractivity contribution in [1.82, 2.24) is 0 Å². The molecule has 11 nitrogen and oxygen atoms in total. The van der Waals surface area contributed by atoms with Crippen molar-refractivity contribution in [3.05, 3.63) is 126 Å². The molecule has 4 rings (SSSR count). The number of hydrogen-bond acceptors (Lipinski definition) is 11. The van der Waals surface area contributed by atoms with Gasteiger partial charge in [-0.1, -0.05) is 6.58 Å². The molecule has 0 aliphatic heterocycles. The zero-order valence-electron chi connectivity index (χ0n) is 26.3. The van der Waals surface area contributed by atoms with Crippen molar-refractivity contribution in [3.8, 4) is 28.7 Å². The largest absolute Gasteiger partial charge is 0.494 e. The van der Waals surface area contributed by atoms with Gasteiger partial charge in [-0.3, -0.25) is 4.79 Å². The van der Waals surface area contributed by atoms with Gasteiger partial charge in [-0.25, -0.2) is 19.2 Å². The monoisotopic (exact) mass is 652 g/mol. The van der Waals surface area contributed by atoms with Gasteiger partial charge in [0, 0.05) is 13.0 Å². The topological polar surface area (TPSA) is 141 Å². The molecule has 0 aliphatic rings. The Morgan fingerprint density at radius 1 is 0.583 bits per heavy atom. The number of carbonyl (C=O) groups is 5. The molecule has 246 valence electrons. The van der Waals surface area contributed by atoms with Crippen LogP contribution in [0, 0.1) is 6.92 Å². The molecule has 0 saturated heterocycles. The van der Waals surface area contributed by atoms with Crippen molar-refractivity contribution in [2.45, 2.75) is 26.7 Å². The summed E-state index contributed by atoms with van der Waals surface area (Å²) >= 11 is 0. The van der Waals surface area contributed by atoms with Crippen molar-refractivity contribution < 1.29 is 52.4 Å². The second kappa shape index (κ2) is 16.9. The van der Waals surface area contributed by atoms with Gasteiger partial charge in [0.15, 0.2) is 0 Å². The van der Waals surface area contributed by atoms with Crippen molar-refractivity contribution in [2.24, 2.45) is 0 Å². The van der Waals surface area contributed by atoms with Gasteiger partial charge in [0.2, 0.25) is 0 Å². The number of carbonyl (C=O) groups excluding carboxylic acids is 5. The molecular weight excluding hydrogens is 620 g/mol. The van der Waals surface area contributed by atoms with Crippen LogP contribution in [0.25, 0.3) is 0 Å². The Kier molecular flexibility index (Phi) is 12.2. The molecule has 48 heavy (non-hydrogen) atoms. The van der Waals surface area contributed by atoms with E-state index in [1.165, 1.54) is 67.6 Å². The molecule has 0 fully saturated rings. The number of rotatable bonds is 14. The third-order valence-electron chi connectivity index (χ3n) is 6.52. The highest BCUT2D eigenvalue weighted by atomic mass is 16.6. The third-order valence-corrected chi connectivity index (χ3v) is 6.52. The molecular formula is C37H32O11.